The monoisotopic (exact) mass is 391 g/mol. The highest BCUT2D eigenvalue weighted by Gasteiger charge is 2.28. The normalized spacial score (nSPS) is 13.7. The number of amides is 1. The van der Waals surface area contributed by atoms with Crippen molar-refractivity contribution in [1.82, 2.24) is 9.88 Å². The van der Waals surface area contributed by atoms with Gasteiger partial charge in [-0.05, 0) is 30.5 Å². The Balaban J connectivity index is 1.75. The van der Waals surface area contributed by atoms with Crippen LogP contribution in [0.15, 0.2) is 22.6 Å². The lowest BCUT2D eigenvalue weighted by atomic mass is 10.1. The molecule has 1 amide bonds. The Morgan fingerprint density at radius 1 is 1.44 bits per heavy atom. The molecule has 0 saturated heterocycles. The topological polar surface area (TPSA) is 81.6 Å². The highest BCUT2D eigenvalue weighted by atomic mass is 35.5. The molecular weight excluding hydrogens is 366 g/mol. The average Bonchev–Trinajstić information content (AvgIpc) is 3.07. The van der Waals surface area contributed by atoms with Crippen LogP contribution in [0.5, 0.6) is 5.75 Å². The number of rotatable bonds is 7. The van der Waals surface area contributed by atoms with E-state index in [1.165, 1.54) is 0 Å². The first-order valence-electron chi connectivity index (χ1n) is 9.37. The van der Waals surface area contributed by atoms with E-state index in [1.54, 1.807) is 23.1 Å². The third-order valence-electron chi connectivity index (χ3n) is 4.54. The smallest absolute Gasteiger partial charge is 0.258 e. The van der Waals surface area contributed by atoms with Gasteiger partial charge >= 0.3 is 0 Å². The van der Waals surface area contributed by atoms with Crippen molar-refractivity contribution >= 4 is 17.5 Å². The van der Waals surface area contributed by atoms with E-state index in [-0.39, 0.29) is 5.91 Å². The van der Waals surface area contributed by atoms with E-state index in [1.807, 2.05) is 0 Å². The maximum Gasteiger partial charge on any atom is 0.258 e. The summed E-state index contributed by atoms with van der Waals surface area (Å²) >= 11 is 6.10. The van der Waals surface area contributed by atoms with E-state index >= 15 is 0 Å². The molecule has 2 heterocycles. The van der Waals surface area contributed by atoms with Gasteiger partial charge in [-0.25, -0.2) is 4.98 Å². The van der Waals surface area contributed by atoms with Gasteiger partial charge in [-0.3, -0.25) is 4.79 Å². The number of carbonyl (C=O) groups excluding carboxylic acids is 1. The minimum absolute atomic E-state index is 0.123. The second kappa shape index (κ2) is 8.76. The molecule has 2 aromatic rings. The quantitative estimate of drug-likeness (QED) is 0.781. The average molecular weight is 392 g/mol. The molecule has 146 valence electrons. The number of benzene rings is 1. The maximum absolute atomic E-state index is 13.1. The van der Waals surface area contributed by atoms with Crippen molar-refractivity contribution in [2.75, 3.05) is 19.7 Å². The van der Waals surface area contributed by atoms with Crippen LogP contribution >= 0.6 is 11.6 Å². The van der Waals surface area contributed by atoms with Crippen molar-refractivity contribution in [3.63, 3.8) is 0 Å². The predicted molar refractivity (Wildman–Crippen MR) is 104 cm³/mol. The van der Waals surface area contributed by atoms with Crippen molar-refractivity contribution in [2.24, 2.45) is 11.7 Å². The summed E-state index contributed by atoms with van der Waals surface area (Å²) in [6.07, 6.45) is 2.52. The van der Waals surface area contributed by atoms with Crippen molar-refractivity contribution in [3.8, 4) is 5.75 Å². The SMILES string of the molecule is CC(C)CCc1nc2c(o1)CCN(C(=O)c1cc(Cl)ccc1OCCN)C2. The number of aromatic nitrogens is 1. The molecule has 6 nitrogen and oxygen atoms in total. The van der Waals surface area contributed by atoms with Gasteiger partial charge < -0.3 is 19.8 Å². The predicted octanol–water partition coefficient (Wildman–Crippen LogP) is 3.45. The molecule has 0 unspecified atom stereocenters. The molecule has 1 aromatic heterocycles. The summed E-state index contributed by atoms with van der Waals surface area (Å²) in [4.78, 5) is 19.4. The molecular formula is C20H26ClN3O3. The Hall–Kier alpha value is -2.05. The van der Waals surface area contributed by atoms with Gasteiger partial charge in [-0.1, -0.05) is 25.4 Å². The Morgan fingerprint density at radius 3 is 3.00 bits per heavy atom. The van der Waals surface area contributed by atoms with Gasteiger partial charge in [0, 0.05) is 31.0 Å². The fraction of sp³-hybridized carbons (Fsp3) is 0.500. The molecule has 7 heteroatoms. The Labute approximate surface area is 164 Å². The first-order valence-corrected chi connectivity index (χ1v) is 9.75. The number of aryl methyl sites for hydroxylation is 1. The molecule has 1 aliphatic heterocycles. The second-order valence-corrected chi connectivity index (χ2v) is 7.60. The van der Waals surface area contributed by atoms with Crippen molar-refractivity contribution < 1.29 is 13.9 Å². The molecule has 0 atom stereocenters. The molecule has 2 N–H and O–H groups in total. The van der Waals surface area contributed by atoms with E-state index in [0.29, 0.717) is 54.9 Å². The zero-order valence-corrected chi connectivity index (χ0v) is 16.6. The molecule has 0 saturated carbocycles. The third kappa shape index (κ3) is 4.82. The second-order valence-electron chi connectivity index (χ2n) is 7.16. The van der Waals surface area contributed by atoms with E-state index in [4.69, 9.17) is 26.5 Å². The van der Waals surface area contributed by atoms with E-state index in [2.05, 4.69) is 18.8 Å². The Morgan fingerprint density at radius 2 is 2.26 bits per heavy atom. The van der Waals surface area contributed by atoms with E-state index in [0.717, 1.165) is 30.2 Å². The van der Waals surface area contributed by atoms with Crippen LogP contribution in [0.3, 0.4) is 0 Å². The summed E-state index contributed by atoms with van der Waals surface area (Å²) in [6, 6.07) is 5.06. The van der Waals surface area contributed by atoms with Crippen LogP contribution in [0.1, 0.15) is 48.0 Å². The number of halogens is 1. The molecule has 0 bridgehead atoms. The van der Waals surface area contributed by atoms with Crippen LogP contribution in [0.25, 0.3) is 0 Å². The standard InChI is InChI=1S/C20H26ClN3O3/c1-13(2)3-6-19-23-16-12-24(9-7-18(16)27-19)20(25)15-11-14(21)4-5-17(15)26-10-8-22/h4-5,11,13H,3,6-10,12,22H2,1-2H3. The lowest BCUT2D eigenvalue weighted by Crippen LogP contribution is -2.36. The number of ether oxygens (including phenoxy) is 1. The van der Waals surface area contributed by atoms with E-state index in [9.17, 15) is 4.79 Å². The molecule has 0 radical (unpaired) electrons. The first kappa shape index (κ1) is 19.7. The van der Waals surface area contributed by atoms with Gasteiger partial charge in [0.05, 0.1) is 12.1 Å². The van der Waals surface area contributed by atoms with Crippen molar-refractivity contribution in [1.29, 1.82) is 0 Å². The fourth-order valence-corrected chi connectivity index (χ4v) is 3.25. The summed E-state index contributed by atoms with van der Waals surface area (Å²) in [5.74, 6) is 2.63. The minimum Gasteiger partial charge on any atom is -0.491 e. The Kier molecular flexibility index (Phi) is 6.39. The van der Waals surface area contributed by atoms with Gasteiger partial charge in [0.25, 0.3) is 5.91 Å². The molecule has 0 aliphatic carbocycles. The zero-order valence-electron chi connectivity index (χ0n) is 15.8. The van der Waals surface area contributed by atoms with Crippen LogP contribution in [-0.2, 0) is 19.4 Å². The number of fused-ring (bicyclic) bond motifs is 1. The lowest BCUT2D eigenvalue weighted by molar-refractivity contribution is 0.0723. The summed E-state index contributed by atoms with van der Waals surface area (Å²) in [5, 5.41) is 0.494. The van der Waals surface area contributed by atoms with E-state index < -0.39 is 0 Å². The van der Waals surface area contributed by atoms with Crippen LogP contribution in [-0.4, -0.2) is 35.5 Å². The van der Waals surface area contributed by atoms with Crippen molar-refractivity contribution in [3.05, 3.63) is 46.1 Å². The number of carbonyl (C=O) groups is 1. The number of nitrogens with two attached hydrogens (primary N) is 1. The summed E-state index contributed by atoms with van der Waals surface area (Å²) in [7, 11) is 0. The highest BCUT2D eigenvalue weighted by molar-refractivity contribution is 6.31. The van der Waals surface area contributed by atoms with Gasteiger partial charge in [0.15, 0.2) is 5.89 Å². The van der Waals surface area contributed by atoms with Gasteiger partial charge in [-0.15, -0.1) is 0 Å². The van der Waals surface area contributed by atoms with Crippen LogP contribution < -0.4 is 10.5 Å². The summed E-state index contributed by atoms with van der Waals surface area (Å²) in [5.41, 5.74) is 6.80. The van der Waals surface area contributed by atoms with Crippen LogP contribution in [0.4, 0.5) is 0 Å². The highest BCUT2D eigenvalue weighted by Crippen LogP contribution is 2.27. The summed E-state index contributed by atoms with van der Waals surface area (Å²) in [6.45, 7) is 6.09. The summed E-state index contributed by atoms with van der Waals surface area (Å²) < 4.78 is 11.5. The zero-order chi connectivity index (χ0) is 19.4. The molecule has 0 spiro atoms. The van der Waals surface area contributed by atoms with Gasteiger partial charge in [0.2, 0.25) is 0 Å². The molecule has 1 aliphatic rings. The molecule has 0 fully saturated rings. The maximum atomic E-state index is 13.1. The fourth-order valence-electron chi connectivity index (χ4n) is 3.08. The Bertz CT molecular complexity index is 804. The molecule has 3 rings (SSSR count). The van der Waals surface area contributed by atoms with Gasteiger partial charge in [0.1, 0.15) is 23.8 Å². The largest absolute Gasteiger partial charge is 0.491 e. The van der Waals surface area contributed by atoms with Crippen LogP contribution in [0, 0.1) is 5.92 Å². The van der Waals surface area contributed by atoms with Crippen LogP contribution in [0.2, 0.25) is 5.02 Å². The molecule has 27 heavy (non-hydrogen) atoms. The third-order valence-corrected chi connectivity index (χ3v) is 4.78. The first-order chi connectivity index (χ1) is 13.0. The minimum atomic E-state index is -0.123. The number of nitrogens with zero attached hydrogens (tertiary/aromatic N) is 2. The number of hydrogen-bond acceptors (Lipinski definition) is 5. The van der Waals surface area contributed by atoms with Crippen molar-refractivity contribution in [2.45, 2.75) is 39.7 Å². The molecule has 1 aromatic carbocycles. The number of hydrogen-bond donors (Lipinski definition) is 1. The lowest BCUT2D eigenvalue weighted by Gasteiger charge is -2.26. The number of oxazole rings is 1. The van der Waals surface area contributed by atoms with Gasteiger partial charge in [-0.2, -0.15) is 0 Å².